The van der Waals surface area contributed by atoms with E-state index in [1.165, 1.54) is 0 Å². The Hall–Kier alpha value is -6.95. The van der Waals surface area contributed by atoms with Crippen molar-refractivity contribution < 1.29 is 84.3 Å². The van der Waals surface area contributed by atoms with Gasteiger partial charge in [0.2, 0.25) is 0 Å². The molecule has 0 spiro atoms. The molecular formula is C74H78N2O8Ti2. The second-order valence-electron chi connectivity index (χ2n) is 23.3. The number of fused-ring (bicyclic) bond motifs is 4. The molecule has 0 aliphatic heterocycles. The standard InChI is InChI=1S/2C31H27NO2.4C3H7O.2Ti/c2*1-31(2,3)25-14-8-11-22(30(25)34)19-32-26-17-15-20-9-4-6-12-23(20)28(26)29-24-13-7-5-10-21(24)16-18-27(29)33;4*1-3(2)4;;/h2*4-19,33-34H,1-3H3;4*3H,1-2H3;;/q;;4*-1;2*+4/p-4. The number of rotatable bonds is 6. The van der Waals surface area contributed by atoms with Gasteiger partial charge >= 0.3 is 43.4 Å². The fourth-order valence-corrected chi connectivity index (χ4v) is 9.05. The Labute approximate surface area is 539 Å². The van der Waals surface area contributed by atoms with E-state index in [-0.39, 0.29) is 77.3 Å². The first kappa shape index (κ1) is 73.3. The molecule has 0 N–H and O–H groups in total. The van der Waals surface area contributed by atoms with Gasteiger partial charge in [-0.3, -0.25) is 9.98 Å². The van der Waals surface area contributed by atoms with Crippen LogP contribution in [0, 0.1) is 0 Å². The molecule has 0 aliphatic rings. The monoisotopic (exact) mass is 1220 g/mol. The number of benzene rings is 10. The molecule has 10 nitrogen and oxygen atoms in total. The molecule has 0 aliphatic carbocycles. The minimum Gasteiger partial charge on any atom is -0.872 e. The molecule has 10 rings (SSSR count). The smallest absolute Gasteiger partial charge is 0.872 e. The van der Waals surface area contributed by atoms with E-state index in [0.717, 1.165) is 65.3 Å². The van der Waals surface area contributed by atoms with Crippen molar-refractivity contribution in [3.05, 3.63) is 204 Å². The van der Waals surface area contributed by atoms with E-state index in [4.69, 9.17) is 9.98 Å². The minimum absolute atomic E-state index is 0. The van der Waals surface area contributed by atoms with Crippen molar-refractivity contribution in [2.24, 2.45) is 9.98 Å². The van der Waals surface area contributed by atoms with Crippen LogP contribution in [-0.4, -0.2) is 36.8 Å². The molecule has 0 radical (unpaired) electrons. The molecular weight excluding hydrogens is 1140 g/mol. The summed E-state index contributed by atoms with van der Waals surface area (Å²) in [5.74, 6) is -0.136. The van der Waals surface area contributed by atoms with Gasteiger partial charge in [0.15, 0.2) is 0 Å². The summed E-state index contributed by atoms with van der Waals surface area (Å²) in [6.45, 7) is 25.1. The minimum atomic E-state index is -0.417. The van der Waals surface area contributed by atoms with Crippen molar-refractivity contribution in [2.75, 3.05) is 0 Å². The van der Waals surface area contributed by atoms with Crippen molar-refractivity contribution in [3.63, 3.8) is 0 Å². The molecule has 440 valence electrons. The van der Waals surface area contributed by atoms with Crippen molar-refractivity contribution in [2.45, 2.75) is 132 Å². The van der Waals surface area contributed by atoms with E-state index in [0.29, 0.717) is 33.6 Å². The molecule has 12 heteroatoms. The average molecular weight is 1220 g/mol. The summed E-state index contributed by atoms with van der Waals surface area (Å²) in [4.78, 5) is 9.54. The second kappa shape index (κ2) is 33.8. The Morgan fingerprint density at radius 3 is 0.826 bits per heavy atom. The molecule has 0 amide bonds. The van der Waals surface area contributed by atoms with Crippen LogP contribution in [-0.2, 0) is 54.3 Å². The molecule has 0 aromatic heterocycles. The zero-order valence-corrected chi connectivity index (χ0v) is 55.1. The third kappa shape index (κ3) is 20.6. The van der Waals surface area contributed by atoms with Gasteiger partial charge in [0.05, 0.1) is 11.4 Å². The predicted molar refractivity (Wildman–Crippen MR) is 337 cm³/mol. The summed E-state index contributed by atoms with van der Waals surface area (Å²) in [6.07, 6.45) is 1.58. The van der Waals surface area contributed by atoms with E-state index < -0.39 is 24.4 Å². The van der Waals surface area contributed by atoms with Crippen molar-refractivity contribution >= 4 is 66.9 Å². The fraction of sp³-hybridized carbons (Fsp3) is 0.270. The maximum atomic E-state index is 13.2. The molecule has 0 fully saturated rings. The van der Waals surface area contributed by atoms with Gasteiger partial charge in [-0.25, -0.2) is 0 Å². The van der Waals surface area contributed by atoms with E-state index in [1.54, 1.807) is 92.1 Å². The predicted octanol–water partition coefficient (Wildman–Crippen LogP) is 12.7. The Morgan fingerprint density at radius 2 is 0.558 bits per heavy atom. The summed E-state index contributed by atoms with van der Waals surface area (Å²) >= 11 is 0. The summed E-state index contributed by atoms with van der Waals surface area (Å²) in [5, 5.41) is 98.5. The van der Waals surface area contributed by atoms with Crippen LogP contribution >= 0.6 is 0 Å². The third-order valence-electron chi connectivity index (χ3n) is 12.5. The van der Waals surface area contributed by atoms with Gasteiger partial charge in [-0.15, -0.1) is 35.9 Å². The van der Waals surface area contributed by atoms with Crippen LogP contribution in [0.5, 0.6) is 23.0 Å². The van der Waals surface area contributed by atoms with Crippen LogP contribution in [0.15, 0.2) is 192 Å². The SMILES string of the molecule is CC(C)(C)c1cccc(C=Nc2ccc3ccccc3c2-c2c([O-])ccc3ccccc23)c1[O-].CC(C)(C)c1cccc(C=Nc2ccc3ccccc3c2-c2c([O-])ccc3ccccc23)c1[O-].CC(C)[O-].CC(C)[O-].CC(C)[O-].CC(C)[O-].[Ti+4].[Ti+4]. The van der Waals surface area contributed by atoms with E-state index in [9.17, 15) is 40.9 Å². The van der Waals surface area contributed by atoms with Gasteiger partial charge in [-0.1, -0.05) is 278 Å². The van der Waals surface area contributed by atoms with Crippen LogP contribution in [0.1, 0.15) is 119 Å². The molecule has 0 unspecified atom stereocenters. The summed E-state index contributed by atoms with van der Waals surface area (Å²) in [5.41, 5.74) is 6.23. The number of hydrogen-bond acceptors (Lipinski definition) is 10. The van der Waals surface area contributed by atoms with E-state index in [1.807, 2.05) is 199 Å². The van der Waals surface area contributed by atoms with Gasteiger partial charge < -0.3 is 40.9 Å². The van der Waals surface area contributed by atoms with E-state index >= 15 is 0 Å². The third-order valence-corrected chi connectivity index (χ3v) is 12.5. The zero-order chi connectivity index (χ0) is 62.1. The molecule has 86 heavy (non-hydrogen) atoms. The van der Waals surface area contributed by atoms with Crippen LogP contribution in [0.25, 0.3) is 65.3 Å². The van der Waals surface area contributed by atoms with Gasteiger partial charge in [-0.2, -0.15) is 0 Å². The van der Waals surface area contributed by atoms with Gasteiger partial charge in [0, 0.05) is 23.6 Å². The average Bonchev–Trinajstić information content (AvgIpc) is 1.02. The van der Waals surface area contributed by atoms with Crippen LogP contribution < -0.4 is 40.9 Å². The quantitative estimate of drug-likeness (QED) is 0.115. The molecule has 0 saturated carbocycles. The molecule has 10 aromatic rings. The van der Waals surface area contributed by atoms with Crippen LogP contribution in [0.3, 0.4) is 0 Å². The first-order chi connectivity index (χ1) is 39.6. The van der Waals surface area contributed by atoms with E-state index in [2.05, 4.69) is 0 Å². The second-order valence-corrected chi connectivity index (χ2v) is 23.3. The number of nitrogens with zero attached hydrogens (tertiary/aromatic N) is 2. The maximum Gasteiger partial charge on any atom is 4.00 e. The Kier molecular flexibility index (Phi) is 28.8. The Bertz CT molecular complexity index is 3570. The normalized spacial score (nSPS) is 11.2. The van der Waals surface area contributed by atoms with Crippen molar-refractivity contribution in [3.8, 4) is 45.3 Å². The van der Waals surface area contributed by atoms with Crippen LogP contribution in [0.2, 0.25) is 0 Å². The molecule has 0 saturated heterocycles. The topological polar surface area (TPSA) is 209 Å². The largest absolute Gasteiger partial charge is 4.00 e. The first-order valence-corrected chi connectivity index (χ1v) is 28.4. The Balaban J connectivity index is 0.000000354. The first-order valence-electron chi connectivity index (χ1n) is 28.4. The van der Waals surface area contributed by atoms with Crippen LogP contribution in [0.4, 0.5) is 11.4 Å². The zero-order valence-electron chi connectivity index (χ0n) is 51.9. The Morgan fingerprint density at radius 1 is 0.314 bits per heavy atom. The van der Waals surface area contributed by atoms with Crippen molar-refractivity contribution in [1.82, 2.24) is 0 Å². The fourth-order valence-electron chi connectivity index (χ4n) is 9.05. The van der Waals surface area contributed by atoms with Crippen molar-refractivity contribution in [1.29, 1.82) is 0 Å². The summed E-state index contributed by atoms with van der Waals surface area (Å²) in [7, 11) is 0. The number of para-hydroxylation sites is 2. The maximum absolute atomic E-state index is 13.2. The van der Waals surface area contributed by atoms with Gasteiger partial charge in [0.1, 0.15) is 0 Å². The molecule has 0 heterocycles. The molecule has 0 atom stereocenters. The van der Waals surface area contributed by atoms with Gasteiger partial charge in [0.25, 0.3) is 0 Å². The number of aliphatic imine (C=N–C) groups is 2. The summed E-state index contributed by atoms with van der Waals surface area (Å²) in [6, 6.07) is 57.7. The molecule has 10 aromatic carbocycles. The number of hydrogen-bond donors (Lipinski definition) is 0. The van der Waals surface area contributed by atoms with Gasteiger partial charge in [-0.05, 0) is 99.4 Å². The summed E-state index contributed by atoms with van der Waals surface area (Å²) < 4.78 is 0. The molecule has 0 bridgehead atoms.